The molecule has 0 unspecified atom stereocenters. The van der Waals surface area contributed by atoms with E-state index in [0.29, 0.717) is 0 Å². The molecule has 0 aliphatic rings. The van der Waals surface area contributed by atoms with Crippen LogP contribution in [-0.2, 0) is 0 Å². The lowest BCUT2D eigenvalue weighted by molar-refractivity contribution is 0.322. The molecule has 0 atom stereocenters. The van der Waals surface area contributed by atoms with Crippen LogP contribution in [0.2, 0.25) is 0 Å². The van der Waals surface area contributed by atoms with Crippen LogP contribution in [0.25, 0.3) is 0 Å². The summed E-state index contributed by atoms with van der Waals surface area (Å²) in [5, 5.41) is 12.1. The van der Waals surface area contributed by atoms with Gasteiger partial charge in [0.25, 0.3) is 0 Å². The van der Waals surface area contributed by atoms with Gasteiger partial charge in [-0.2, -0.15) is 0 Å². The number of oxime groups is 1. The zero-order valence-electron chi connectivity index (χ0n) is 5.83. The molecule has 0 aromatic carbocycles. The monoisotopic (exact) mass is 156 g/mol. The molecule has 10 heavy (non-hydrogen) atoms. The van der Waals surface area contributed by atoms with Crippen LogP contribution in [0.5, 0.6) is 0 Å². The molecule has 1 rings (SSSR count). The molecule has 1 aromatic rings. The van der Waals surface area contributed by atoms with Gasteiger partial charge in [-0.3, -0.25) is 0 Å². The van der Waals surface area contributed by atoms with E-state index in [4.69, 9.17) is 5.21 Å². The maximum absolute atomic E-state index is 8.20. The molecular weight excluding hydrogens is 148 g/mol. The first kappa shape index (κ1) is 7.21. The number of aryl methyl sites for hydroxylation is 2. The smallest absolute Gasteiger partial charge is 0.0904 e. The van der Waals surface area contributed by atoms with E-state index in [1.807, 2.05) is 13.8 Å². The van der Waals surface area contributed by atoms with Gasteiger partial charge >= 0.3 is 0 Å². The number of aromatic nitrogens is 1. The molecule has 1 heterocycles. The van der Waals surface area contributed by atoms with Gasteiger partial charge in [0.05, 0.1) is 21.8 Å². The van der Waals surface area contributed by atoms with Crippen molar-refractivity contribution in [2.24, 2.45) is 5.16 Å². The Morgan fingerprint density at radius 2 is 2.30 bits per heavy atom. The zero-order chi connectivity index (χ0) is 7.56. The largest absolute Gasteiger partial charge is 0.411 e. The molecule has 3 nitrogen and oxygen atoms in total. The van der Waals surface area contributed by atoms with E-state index in [1.54, 1.807) is 0 Å². The Morgan fingerprint density at radius 1 is 1.60 bits per heavy atom. The number of hydrogen-bond acceptors (Lipinski definition) is 4. The van der Waals surface area contributed by atoms with Gasteiger partial charge in [-0.25, -0.2) is 4.98 Å². The van der Waals surface area contributed by atoms with E-state index >= 15 is 0 Å². The van der Waals surface area contributed by atoms with Crippen molar-refractivity contribution in [1.82, 2.24) is 4.98 Å². The highest BCUT2D eigenvalue weighted by Crippen LogP contribution is 2.13. The second kappa shape index (κ2) is 2.79. The highest BCUT2D eigenvalue weighted by molar-refractivity contribution is 7.13. The van der Waals surface area contributed by atoms with Crippen LogP contribution in [0.3, 0.4) is 0 Å². The first-order chi connectivity index (χ1) is 4.74. The highest BCUT2D eigenvalue weighted by atomic mass is 32.1. The lowest BCUT2D eigenvalue weighted by Crippen LogP contribution is -1.78. The lowest BCUT2D eigenvalue weighted by Gasteiger charge is -1.80. The summed E-state index contributed by atoms with van der Waals surface area (Å²) in [6.45, 7) is 3.81. The Bertz CT molecular complexity index is 254. The quantitative estimate of drug-likeness (QED) is 0.381. The predicted molar refractivity (Wildman–Crippen MR) is 41.0 cm³/mol. The van der Waals surface area contributed by atoms with Crippen molar-refractivity contribution in [3.05, 3.63) is 15.6 Å². The first-order valence-corrected chi connectivity index (χ1v) is 3.67. The third-order valence-electron chi connectivity index (χ3n) is 1.11. The molecule has 0 saturated carbocycles. The van der Waals surface area contributed by atoms with Crippen LogP contribution < -0.4 is 0 Å². The van der Waals surface area contributed by atoms with Gasteiger partial charge in [0.15, 0.2) is 0 Å². The Morgan fingerprint density at radius 3 is 2.70 bits per heavy atom. The Hall–Kier alpha value is -0.900. The first-order valence-electron chi connectivity index (χ1n) is 2.85. The van der Waals surface area contributed by atoms with Crippen LogP contribution in [0.4, 0.5) is 0 Å². The Kier molecular flexibility index (Phi) is 2.01. The van der Waals surface area contributed by atoms with E-state index in [9.17, 15) is 0 Å². The third-order valence-corrected chi connectivity index (χ3v) is 2.12. The zero-order valence-corrected chi connectivity index (χ0v) is 6.64. The average Bonchev–Trinajstić information content (AvgIpc) is 2.13. The topological polar surface area (TPSA) is 45.5 Å². The normalized spacial score (nSPS) is 11.0. The van der Waals surface area contributed by atoms with Crippen molar-refractivity contribution in [1.29, 1.82) is 0 Å². The summed E-state index contributed by atoms with van der Waals surface area (Å²) in [6, 6.07) is 0. The fourth-order valence-electron chi connectivity index (χ4n) is 0.719. The summed E-state index contributed by atoms with van der Waals surface area (Å²) in [6.07, 6.45) is 1.40. The maximum Gasteiger partial charge on any atom is 0.0904 e. The second-order valence-corrected chi connectivity index (χ2v) is 3.16. The molecule has 0 amide bonds. The summed E-state index contributed by atoms with van der Waals surface area (Å²) in [5.74, 6) is 0. The second-order valence-electron chi connectivity index (χ2n) is 1.93. The van der Waals surface area contributed by atoms with Crippen molar-refractivity contribution in [3.8, 4) is 0 Å². The molecule has 4 heteroatoms. The van der Waals surface area contributed by atoms with Crippen LogP contribution in [0.1, 0.15) is 15.6 Å². The molecule has 0 bridgehead atoms. The standard InChI is InChI=1S/C6H8N2OS/c1-4-6(3-7-9)10-5(2)8-4/h3,9H,1-2H3/b7-3-. The minimum absolute atomic E-state index is 0.917. The van der Waals surface area contributed by atoms with Gasteiger partial charge in [0, 0.05) is 0 Å². The summed E-state index contributed by atoms with van der Waals surface area (Å²) < 4.78 is 0. The highest BCUT2D eigenvalue weighted by Gasteiger charge is 2.00. The molecule has 1 N–H and O–H groups in total. The van der Waals surface area contributed by atoms with E-state index in [0.717, 1.165) is 15.6 Å². The van der Waals surface area contributed by atoms with Gasteiger partial charge < -0.3 is 5.21 Å². The van der Waals surface area contributed by atoms with E-state index in [2.05, 4.69) is 10.1 Å². The Labute approximate surface area is 63.0 Å². The predicted octanol–water partition coefficient (Wildman–Crippen LogP) is 1.57. The number of nitrogens with zero attached hydrogens (tertiary/aromatic N) is 2. The molecule has 54 valence electrons. The summed E-state index contributed by atoms with van der Waals surface area (Å²) in [7, 11) is 0. The van der Waals surface area contributed by atoms with Crippen molar-refractivity contribution >= 4 is 17.6 Å². The molecule has 1 aromatic heterocycles. The van der Waals surface area contributed by atoms with Crippen LogP contribution in [0.15, 0.2) is 5.16 Å². The van der Waals surface area contributed by atoms with Gasteiger partial charge in [0.1, 0.15) is 0 Å². The Balaban J connectivity index is 3.03. The number of rotatable bonds is 1. The van der Waals surface area contributed by atoms with Crippen LogP contribution in [0, 0.1) is 13.8 Å². The fraction of sp³-hybridized carbons (Fsp3) is 0.333. The number of thiazole rings is 1. The van der Waals surface area contributed by atoms with Gasteiger partial charge in [-0.05, 0) is 13.8 Å². The minimum atomic E-state index is 0.917. The van der Waals surface area contributed by atoms with Gasteiger partial charge in [0.2, 0.25) is 0 Å². The van der Waals surface area contributed by atoms with Crippen LogP contribution >= 0.6 is 11.3 Å². The van der Waals surface area contributed by atoms with E-state index in [-0.39, 0.29) is 0 Å². The van der Waals surface area contributed by atoms with Gasteiger partial charge in [-0.15, -0.1) is 11.3 Å². The summed E-state index contributed by atoms with van der Waals surface area (Å²) in [4.78, 5) is 5.06. The van der Waals surface area contributed by atoms with Crippen molar-refractivity contribution < 1.29 is 5.21 Å². The molecule has 0 aliphatic carbocycles. The molecular formula is C6H8N2OS. The molecule has 0 spiro atoms. The fourth-order valence-corrected chi connectivity index (χ4v) is 1.51. The van der Waals surface area contributed by atoms with E-state index in [1.165, 1.54) is 17.6 Å². The molecule has 0 saturated heterocycles. The summed E-state index contributed by atoms with van der Waals surface area (Å²) in [5.41, 5.74) is 0.917. The molecule has 0 radical (unpaired) electrons. The third kappa shape index (κ3) is 1.33. The van der Waals surface area contributed by atoms with Gasteiger partial charge in [-0.1, -0.05) is 5.16 Å². The van der Waals surface area contributed by atoms with Crippen molar-refractivity contribution in [2.45, 2.75) is 13.8 Å². The minimum Gasteiger partial charge on any atom is -0.411 e. The average molecular weight is 156 g/mol. The lowest BCUT2D eigenvalue weighted by atomic mass is 10.4. The van der Waals surface area contributed by atoms with Crippen molar-refractivity contribution in [3.63, 3.8) is 0 Å². The summed E-state index contributed by atoms with van der Waals surface area (Å²) >= 11 is 1.52. The SMILES string of the molecule is Cc1nc(C)c(/C=N\O)s1. The van der Waals surface area contributed by atoms with Crippen molar-refractivity contribution in [2.75, 3.05) is 0 Å². The maximum atomic E-state index is 8.20. The molecule has 0 fully saturated rings. The van der Waals surface area contributed by atoms with E-state index < -0.39 is 0 Å². The molecule has 0 aliphatic heterocycles. The number of hydrogen-bond donors (Lipinski definition) is 1. The van der Waals surface area contributed by atoms with Crippen LogP contribution in [-0.4, -0.2) is 16.4 Å².